The number of carbonyl (C=O) groups excluding carboxylic acids is 2. The molecule has 7 heteroatoms. The largest absolute Gasteiger partial charge is 0.459 e. The van der Waals surface area contributed by atoms with Gasteiger partial charge in [0.05, 0.1) is 0 Å². The number of hydrogen-bond acceptors (Lipinski definition) is 6. The average Bonchev–Trinajstić information content (AvgIpc) is 2.84. The van der Waals surface area contributed by atoms with E-state index in [9.17, 15) is 9.59 Å². The van der Waals surface area contributed by atoms with Gasteiger partial charge in [0.15, 0.2) is 0 Å². The predicted molar refractivity (Wildman–Crippen MR) is 85.0 cm³/mol. The first-order valence-corrected chi connectivity index (χ1v) is 8.55. The van der Waals surface area contributed by atoms with E-state index < -0.39 is 22.4 Å². The van der Waals surface area contributed by atoms with Gasteiger partial charge in [0.2, 0.25) is 5.91 Å². The first-order valence-electron chi connectivity index (χ1n) is 6.69. The molecule has 1 aromatic rings. The van der Waals surface area contributed by atoms with Gasteiger partial charge >= 0.3 is 5.97 Å². The highest BCUT2D eigenvalue weighted by atomic mass is 32.2. The maximum Gasteiger partial charge on any atom is 0.319 e. The molecule has 21 heavy (non-hydrogen) atoms. The summed E-state index contributed by atoms with van der Waals surface area (Å²) in [4.78, 5) is 24.6. The maximum absolute atomic E-state index is 12.1. The van der Waals surface area contributed by atoms with Crippen LogP contribution in [0.25, 0.3) is 0 Å². The number of thiophene rings is 1. The van der Waals surface area contributed by atoms with Gasteiger partial charge in [0.25, 0.3) is 0 Å². The molecule has 1 amide bonds. The van der Waals surface area contributed by atoms with Crippen LogP contribution in [0.2, 0.25) is 0 Å². The van der Waals surface area contributed by atoms with Crippen LogP contribution < -0.4 is 11.1 Å². The molecule has 116 valence electrons. The Morgan fingerprint density at radius 2 is 2.24 bits per heavy atom. The fraction of sp³-hybridized carbons (Fsp3) is 0.571. The van der Waals surface area contributed by atoms with Crippen LogP contribution in [0.5, 0.6) is 0 Å². The number of nitrogens with two attached hydrogens (primary N) is 1. The van der Waals surface area contributed by atoms with Crippen molar-refractivity contribution in [2.45, 2.75) is 31.2 Å². The third-order valence-electron chi connectivity index (χ3n) is 2.98. The zero-order chi connectivity index (χ0) is 15.7. The van der Waals surface area contributed by atoms with E-state index in [0.717, 1.165) is 4.88 Å². The molecule has 0 bridgehead atoms. The van der Waals surface area contributed by atoms with Gasteiger partial charge in [-0.25, -0.2) is 0 Å². The summed E-state index contributed by atoms with van der Waals surface area (Å²) in [5.41, 5.74) is 5.77. The number of carbonyl (C=O) groups is 2. The van der Waals surface area contributed by atoms with E-state index >= 15 is 0 Å². The van der Waals surface area contributed by atoms with E-state index in [1.807, 2.05) is 17.5 Å². The zero-order valence-electron chi connectivity index (χ0n) is 12.3. The first kappa shape index (κ1) is 16.3. The Bertz CT molecular complexity index is 525. The second-order valence-electron chi connectivity index (χ2n) is 5.98. The molecule has 1 saturated heterocycles. The second kappa shape index (κ2) is 5.98. The van der Waals surface area contributed by atoms with Gasteiger partial charge in [-0.15, -0.1) is 23.1 Å². The Kier molecular flexibility index (Phi) is 4.65. The average molecular weight is 328 g/mol. The summed E-state index contributed by atoms with van der Waals surface area (Å²) in [6, 6.07) is 3.87. The van der Waals surface area contributed by atoms with Crippen molar-refractivity contribution >= 4 is 35.0 Å². The Balaban J connectivity index is 2.11. The molecule has 0 spiro atoms. The topological polar surface area (TPSA) is 81.4 Å². The summed E-state index contributed by atoms with van der Waals surface area (Å²) in [5, 5.41) is 4.71. The van der Waals surface area contributed by atoms with E-state index in [4.69, 9.17) is 10.5 Å². The number of thioether (sulfide) groups is 1. The van der Waals surface area contributed by atoms with Crippen molar-refractivity contribution in [2.75, 3.05) is 12.3 Å². The standard InChI is InChI=1S/C14H20N2O3S2/c1-13(2,3)19-12(18)9-7-21-14(15,8-16-11(9)17)10-5-4-6-20-10/h4-6,9H,7-8,15H2,1-3H3,(H,16,17)/t9-,14?/m1/s1. The van der Waals surface area contributed by atoms with Gasteiger partial charge < -0.3 is 15.8 Å². The zero-order valence-corrected chi connectivity index (χ0v) is 14.0. The van der Waals surface area contributed by atoms with Gasteiger partial charge in [0, 0.05) is 17.2 Å². The van der Waals surface area contributed by atoms with Crippen LogP contribution >= 0.6 is 23.1 Å². The summed E-state index contributed by atoms with van der Waals surface area (Å²) in [5.74, 6) is -1.32. The van der Waals surface area contributed by atoms with Crippen LogP contribution in [0, 0.1) is 5.92 Å². The fourth-order valence-electron chi connectivity index (χ4n) is 1.93. The lowest BCUT2D eigenvalue weighted by Gasteiger charge is -2.25. The summed E-state index contributed by atoms with van der Waals surface area (Å²) in [6.45, 7) is 5.65. The van der Waals surface area contributed by atoms with Crippen LogP contribution in [0.15, 0.2) is 17.5 Å². The summed E-state index contributed by atoms with van der Waals surface area (Å²) in [6.07, 6.45) is 0. The smallest absolute Gasteiger partial charge is 0.319 e. The monoisotopic (exact) mass is 328 g/mol. The molecule has 1 aliphatic heterocycles. The van der Waals surface area contributed by atoms with Crippen molar-refractivity contribution < 1.29 is 14.3 Å². The number of hydrogen-bond donors (Lipinski definition) is 2. The lowest BCUT2D eigenvalue weighted by Crippen LogP contribution is -2.44. The van der Waals surface area contributed by atoms with Crippen LogP contribution in [0.1, 0.15) is 25.6 Å². The van der Waals surface area contributed by atoms with Crippen molar-refractivity contribution in [3.8, 4) is 0 Å². The third kappa shape index (κ3) is 3.99. The summed E-state index contributed by atoms with van der Waals surface area (Å²) >= 11 is 2.96. The van der Waals surface area contributed by atoms with Crippen molar-refractivity contribution in [3.05, 3.63) is 22.4 Å². The molecular weight excluding hydrogens is 308 g/mol. The number of nitrogens with one attached hydrogen (secondary N) is 1. The van der Waals surface area contributed by atoms with Crippen LogP contribution in [-0.2, 0) is 19.2 Å². The predicted octanol–water partition coefficient (Wildman–Crippen LogP) is 1.68. The van der Waals surface area contributed by atoms with Gasteiger partial charge in [-0.3, -0.25) is 9.59 Å². The second-order valence-corrected chi connectivity index (χ2v) is 8.28. The van der Waals surface area contributed by atoms with E-state index in [1.54, 1.807) is 32.1 Å². The Morgan fingerprint density at radius 1 is 1.52 bits per heavy atom. The molecule has 5 nitrogen and oxygen atoms in total. The van der Waals surface area contributed by atoms with Crippen LogP contribution in [-0.4, -0.2) is 29.8 Å². The third-order valence-corrected chi connectivity index (χ3v) is 5.53. The molecule has 0 saturated carbocycles. The van der Waals surface area contributed by atoms with Crippen molar-refractivity contribution in [2.24, 2.45) is 11.7 Å². The Hall–Kier alpha value is -1.05. The van der Waals surface area contributed by atoms with Gasteiger partial charge in [-0.1, -0.05) is 6.07 Å². The maximum atomic E-state index is 12.1. The lowest BCUT2D eigenvalue weighted by molar-refractivity contribution is -0.161. The molecule has 1 unspecified atom stereocenters. The highest BCUT2D eigenvalue weighted by Gasteiger charge is 2.40. The number of rotatable bonds is 2. The van der Waals surface area contributed by atoms with Gasteiger partial charge in [-0.2, -0.15) is 0 Å². The summed E-state index contributed by atoms with van der Waals surface area (Å²) < 4.78 is 5.31. The molecule has 0 radical (unpaired) electrons. The minimum absolute atomic E-state index is 0.302. The molecule has 2 rings (SSSR count). The molecule has 1 fully saturated rings. The minimum Gasteiger partial charge on any atom is -0.459 e. The van der Waals surface area contributed by atoms with E-state index in [1.165, 1.54) is 11.8 Å². The van der Waals surface area contributed by atoms with Crippen molar-refractivity contribution in [1.82, 2.24) is 5.32 Å². The molecule has 0 aliphatic carbocycles. The van der Waals surface area contributed by atoms with Crippen LogP contribution in [0.4, 0.5) is 0 Å². The van der Waals surface area contributed by atoms with E-state index in [-0.39, 0.29) is 5.91 Å². The molecule has 3 N–H and O–H groups in total. The van der Waals surface area contributed by atoms with Crippen molar-refractivity contribution in [3.63, 3.8) is 0 Å². The molecule has 1 aromatic heterocycles. The molecule has 0 aromatic carbocycles. The quantitative estimate of drug-likeness (QED) is 0.638. The number of amides is 1. The normalized spacial score (nSPS) is 26.9. The minimum atomic E-state index is -0.820. The fourth-order valence-corrected chi connectivity index (χ4v) is 4.12. The Labute approximate surface area is 132 Å². The molecule has 2 atom stereocenters. The van der Waals surface area contributed by atoms with Gasteiger partial charge in [-0.05, 0) is 32.2 Å². The van der Waals surface area contributed by atoms with Crippen molar-refractivity contribution in [1.29, 1.82) is 0 Å². The lowest BCUT2D eigenvalue weighted by atomic mass is 10.1. The Morgan fingerprint density at radius 3 is 2.81 bits per heavy atom. The first-order chi connectivity index (χ1) is 9.71. The molecule has 1 aliphatic rings. The SMILES string of the molecule is CC(C)(C)OC(=O)[C@@H]1CSC(N)(c2cccs2)CNC1=O. The van der Waals surface area contributed by atoms with Gasteiger partial charge in [0.1, 0.15) is 16.4 Å². The molecule has 2 heterocycles. The highest BCUT2D eigenvalue weighted by Crippen LogP contribution is 2.36. The summed E-state index contributed by atoms with van der Waals surface area (Å²) in [7, 11) is 0. The molecular formula is C14H20N2O3S2. The number of esters is 1. The van der Waals surface area contributed by atoms with E-state index in [0.29, 0.717) is 12.3 Å². The van der Waals surface area contributed by atoms with Crippen LogP contribution in [0.3, 0.4) is 0 Å². The highest BCUT2D eigenvalue weighted by molar-refractivity contribution is 8.00. The van der Waals surface area contributed by atoms with E-state index in [2.05, 4.69) is 5.32 Å². The number of ether oxygens (including phenoxy) is 1.